The number of carbonyl (C=O) groups excluding carboxylic acids is 1. The summed E-state index contributed by atoms with van der Waals surface area (Å²) in [5, 5.41) is 5.60. The van der Waals surface area contributed by atoms with Gasteiger partial charge in [-0.3, -0.25) is 9.59 Å². The molecule has 0 aliphatic carbocycles. The molecule has 2 aromatic carbocycles. The van der Waals surface area contributed by atoms with Gasteiger partial charge in [0.2, 0.25) is 0 Å². The van der Waals surface area contributed by atoms with Crippen LogP contribution < -0.4 is 24.8 Å². The lowest BCUT2D eigenvalue weighted by molar-refractivity contribution is -0.110. The van der Waals surface area contributed by atoms with E-state index in [1.54, 1.807) is 32.4 Å². The van der Waals surface area contributed by atoms with E-state index in [4.69, 9.17) is 4.74 Å². The standard InChI is InChI=1S/C23H19N3O3S2/c1-26-21(13-20(27)25-17-10-6-7-11-18(17)29-2)31-19(23(26)28)12-16-14-30-22(24-16)15-8-4-3-5-9-15/h3-14H,1-2H3,(H,25,27)/b19-12-,21-13-. The number of nitrogens with zero attached hydrogens (tertiary/aromatic N) is 2. The van der Waals surface area contributed by atoms with E-state index in [-0.39, 0.29) is 11.5 Å². The minimum Gasteiger partial charge on any atom is -0.495 e. The molecule has 0 spiro atoms. The highest BCUT2D eigenvalue weighted by Gasteiger charge is 2.08. The summed E-state index contributed by atoms with van der Waals surface area (Å²) in [4.78, 5) is 29.8. The Hall–Kier alpha value is -3.49. The highest BCUT2D eigenvalue weighted by atomic mass is 32.1. The van der Waals surface area contributed by atoms with Gasteiger partial charge in [0.25, 0.3) is 11.5 Å². The SMILES string of the molecule is COc1ccccc1NC(=O)/C=c1\s/c(=C\c2csc(-c3ccccc3)n2)c(=O)n1C. The first-order valence-corrected chi connectivity index (χ1v) is 11.1. The van der Waals surface area contributed by atoms with Gasteiger partial charge in [-0.25, -0.2) is 4.98 Å². The molecule has 0 atom stereocenters. The largest absolute Gasteiger partial charge is 0.495 e. The predicted molar refractivity (Wildman–Crippen MR) is 126 cm³/mol. The van der Waals surface area contributed by atoms with Gasteiger partial charge in [-0.1, -0.05) is 42.5 Å². The van der Waals surface area contributed by atoms with Crippen LogP contribution in [0.2, 0.25) is 0 Å². The van der Waals surface area contributed by atoms with Crippen molar-refractivity contribution in [1.29, 1.82) is 0 Å². The Kier molecular flexibility index (Phi) is 6.11. The van der Waals surface area contributed by atoms with Crippen LogP contribution >= 0.6 is 22.7 Å². The van der Waals surface area contributed by atoms with Crippen LogP contribution in [0.4, 0.5) is 5.69 Å². The van der Waals surface area contributed by atoms with Crippen molar-refractivity contribution in [2.75, 3.05) is 12.4 Å². The van der Waals surface area contributed by atoms with Gasteiger partial charge in [0.15, 0.2) is 0 Å². The summed E-state index contributed by atoms with van der Waals surface area (Å²) >= 11 is 2.77. The topological polar surface area (TPSA) is 73.2 Å². The lowest BCUT2D eigenvalue weighted by Gasteiger charge is -2.07. The van der Waals surface area contributed by atoms with Crippen LogP contribution in [0.25, 0.3) is 22.7 Å². The first-order chi connectivity index (χ1) is 15.0. The molecule has 0 aliphatic rings. The number of nitrogens with one attached hydrogen (secondary N) is 1. The number of hydrogen-bond acceptors (Lipinski definition) is 6. The molecule has 0 unspecified atom stereocenters. The first kappa shape index (κ1) is 20.8. The van der Waals surface area contributed by atoms with Crippen molar-refractivity contribution in [3.8, 4) is 16.3 Å². The summed E-state index contributed by atoms with van der Waals surface area (Å²) in [5.41, 5.74) is 2.15. The maximum atomic E-state index is 12.7. The van der Waals surface area contributed by atoms with Crippen molar-refractivity contribution in [2.45, 2.75) is 0 Å². The van der Waals surface area contributed by atoms with Crippen molar-refractivity contribution < 1.29 is 9.53 Å². The number of rotatable bonds is 5. The van der Waals surface area contributed by atoms with Crippen molar-refractivity contribution in [2.24, 2.45) is 7.05 Å². The lowest BCUT2D eigenvalue weighted by atomic mass is 10.2. The molecule has 4 aromatic rings. The smallest absolute Gasteiger partial charge is 0.268 e. The Labute approximate surface area is 186 Å². The second-order valence-corrected chi connectivity index (χ2v) is 8.51. The third kappa shape index (κ3) is 4.65. The highest BCUT2D eigenvalue weighted by molar-refractivity contribution is 7.13. The van der Waals surface area contributed by atoms with E-state index in [0.717, 1.165) is 10.6 Å². The molecule has 0 saturated heterocycles. The molecule has 0 aliphatic heterocycles. The quantitative estimate of drug-likeness (QED) is 0.509. The Bertz CT molecular complexity index is 1400. The summed E-state index contributed by atoms with van der Waals surface area (Å²) < 4.78 is 7.77. The molecule has 0 saturated carbocycles. The molecule has 2 aromatic heterocycles. The van der Waals surface area contributed by atoms with Crippen LogP contribution in [-0.2, 0) is 11.8 Å². The number of methoxy groups -OCH3 is 1. The number of carbonyl (C=O) groups is 1. The van der Waals surface area contributed by atoms with Gasteiger partial charge >= 0.3 is 0 Å². The normalized spacial score (nSPS) is 12.2. The third-order valence-corrected chi connectivity index (χ3v) is 6.52. The summed E-state index contributed by atoms with van der Waals surface area (Å²) in [6, 6.07) is 17.0. The molecule has 31 heavy (non-hydrogen) atoms. The number of benzene rings is 2. The van der Waals surface area contributed by atoms with Gasteiger partial charge in [-0.05, 0) is 18.2 Å². The minimum absolute atomic E-state index is 0.171. The Morgan fingerprint density at radius 3 is 2.65 bits per heavy atom. The molecule has 6 nitrogen and oxygen atoms in total. The molecule has 8 heteroatoms. The fraction of sp³-hybridized carbons (Fsp3) is 0.0870. The van der Waals surface area contributed by atoms with Crippen LogP contribution in [0, 0.1) is 0 Å². The maximum Gasteiger partial charge on any atom is 0.268 e. The number of aromatic nitrogens is 2. The van der Waals surface area contributed by atoms with Crippen LogP contribution in [0.1, 0.15) is 5.69 Å². The molecule has 156 valence electrons. The van der Waals surface area contributed by atoms with Crippen LogP contribution in [0.15, 0.2) is 64.8 Å². The van der Waals surface area contributed by atoms with Crippen LogP contribution in [-0.4, -0.2) is 22.6 Å². The number of anilines is 1. The predicted octanol–water partition coefficient (Wildman–Crippen LogP) is 2.83. The minimum atomic E-state index is -0.340. The summed E-state index contributed by atoms with van der Waals surface area (Å²) in [6.45, 7) is 0. The van der Waals surface area contributed by atoms with E-state index in [1.807, 2.05) is 47.8 Å². The van der Waals surface area contributed by atoms with Crippen LogP contribution in [0.3, 0.4) is 0 Å². The van der Waals surface area contributed by atoms with Gasteiger partial charge in [-0.15, -0.1) is 22.7 Å². The molecule has 1 N–H and O–H groups in total. The van der Waals surface area contributed by atoms with Gasteiger partial charge in [0.05, 0.1) is 23.0 Å². The summed E-state index contributed by atoms with van der Waals surface area (Å²) in [7, 11) is 3.19. The Morgan fingerprint density at radius 2 is 1.87 bits per heavy atom. The highest BCUT2D eigenvalue weighted by Crippen LogP contribution is 2.24. The van der Waals surface area contributed by atoms with E-state index < -0.39 is 0 Å². The Balaban J connectivity index is 1.63. The van der Waals surface area contributed by atoms with E-state index in [2.05, 4.69) is 10.3 Å². The van der Waals surface area contributed by atoms with Crippen molar-refractivity contribution in [1.82, 2.24) is 9.55 Å². The molecule has 0 bridgehead atoms. The molecular weight excluding hydrogens is 430 g/mol. The number of para-hydroxylation sites is 2. The fourth-order valence-corrected chi connectivity index (χ4v) is 4.74. The molecule has 1 amide bonds. The average Bonchev–Trinajstić information content (AvgIpc) is 3.36. The number of ether oxygens (including phenoxy) is 1. The van der Waals surface area contributed by atoms with Crippen molar-refractivity contribution in [3.05, 3.63) is 85.2 Å². The first-order valence-electron chi connectivity index (χ1n) is 9.39. The summed E-state index contributed by atoms with van der Waals surface area (Å²) in [5.74, 6) is 0.226. The third-order valence-electron chi connectivity index (χ3n) is 4.50. The van der Waals surface area contributed by atoms with Gasteiger partial charge < -0.3 is 14.6 Å². The van der Waals surface area contributed by atoms with Crippen LogP contribution in [0.5, 0.6) is 5.75 Å². The lowest BCUT2D eigenvalue weighted by Crippen LogP contribution is -2.29. The zero-order valence-corrected chi connectivity index (χ0v) is 18.5. The monoisotopic (exact) mass is 449 g/mol. The van der Waals surface area contributed by atoms with Gasteiger partial charge in [-0.2, -0.15) is 0 Å². The Morgan fingerprint density at radius 1 is 1.13 bits per heavy atom. The molecule has 0 radical (unpaired) electrons. The van der Waals surface area contributed by atoms with Crippen molar-refractivity contribution >= 4 is 46.4 Å². The molecular formula is C23H19N3O3S2. The second-order valence-electron chi connectivity index (χ2n) is 6.59. The second kappa shape index (κ2) is 9.11. The van der Waals surface area contributed by atoms with Gasteiger partial charge in [0, 0.05) is 24.1 Å². The fourth-order valence-electron chi connectivity index (χ4n) is 2.94. The van der Waals surface area contributed by atoms with E-state index in [9.17, 15) is 9.59 Å². The van der Waals surface area contributed by atoms with Gasteiger partial charge in [0.1, 0.15) is 15.4 Å². The molecule has 4 rings (SSSR count). The zero-order chi connectivity index (χ0) is 21.8. The summed E-state index contributed by atoms with van der Waals surface area (Å²) in [6.07, 6.45) is 3.16. The van der Waals surface area contributed by atoms with E-state index in [0.29, 0.717) is 26.3 Å². The number of hydrogen-bond donors (Lipinski definition) is 1. The zero-order valence-electron chi connectivity index (χ0n) is 16.9. The van der Waals surface area contributed by atoms with Crippen molar-refractivity contribution in [3.63, 3.8) is 0 Å². The molecule has 2 heterocycles. The number of amides is 1. The molecule has 0 fully saturated rings. The van der Waals surface area contributed by atoms with E-state index in [1.165, 1.54) is 33.3 Å². The van der Waals surface area contributed by atoms with E-state index >= 15 is 0 Å². The number of thiazole rings is 2. The average molecular weight is 450 g/mol. The maximum absolute atomic E-state index is 12.7.